The highest BCUT2D eigenvalue weighted by Crippen LogP contribution is 2.26. The first kappa shape index (κ1) is 12.2. The van der Waals surface area contributed by atoms with E-state index < -0.39 is 0 Å². The van der Waals surface area contributed by atoms with E-state index in [4.69, 9.17) is 10.3 Å². The third-order valence-electron chi connectivity index (χ3n) is 2.84. The topological polar surface area (TPSA) is 64.9 Å². The first-order valence-electron chi connectivity index (χ1n) is 5.61. The van der Waals surface area contributed by atoms with Crippen LogP contribution in [-0.4, -0.2) is 10.1 Å². The van der Waals surface area contributed by atoms with Crippen molar-refractivity contribution in [3.63, 3.8) is 0 Å². The lowest BCUT2D eigenvalue weighted by Gasteiger charge is -2.16. The van der Waals surface area contributed by atoms with E-state index >= 15 is 0 Å². The summed E-state index contributed by atoms with van der Waals surface area (Å²) in [5.74, 6) is 1.32. The molecule has 1 atom stereocenters. The Morgan fingerprint density at radius 2 is 2.07 bits per heavy atom. The van der Waals surface area contributed by atoms with Gasteiger partial charge in [0, 0.05) is 5.41 Å². The predicted octanol–water partition coefficient (Wildman–Crippen LogP) is 2.56. The second-order valence-corrected chi connectivity index (χ2v) is 4.59. The van der Waals surface area contributed by atoms with E-state index in [9.17, 15) is 0 Å². The highest BCUT2D eigenvalue weighted by Gasteiger charge is 2.26. The maximum atomic E-state index is 5.92. The molecule has 0 aliphatic rings. The summed E-state index contributed by atoms with van der Waals surface area (Å²) < 4.78 is 5.25. The molecule has 0 aliphatic carbocycles. The fourth-order valence-electron chi connectivity index (χ4n) is 1.25. The summed E-state index contributed by atoms with van der Waals surface area (Å²) in [4.78, 5) is 4.37. The highest BCUT2D eigenvalue weighted by atomic mass is 16.5. The van der Waals surface area contributed by atoms with Gasteiger partial charge < -0.3 is 10.3 Å². The van der Waals surface area contributed by atoms with E-state index in [2.05, 4.69) is 37.8 Å². The van der Waals surface area contributed by atoms with Gasteiger partial charge >= 0.3 is 0 Å². The molecule has 4 nitrogen and oxygen atoms in total. The maximum Gasteiger partial charge on any atom is 0.232 e. The second kappa shape index (κ2) is 4.75. The molecule has 1 unspecified atom stereocenters. The zero-order valence-electron chi connectivity index (χ0n) is 10.1. The van der Waals surface area contributed by atoms with Crippen LogP contribution in [0.25, 0.3) is 0 Å². The highest BCUT2D eigenvalue weighted by molar-refractivity contribution is 5.02. The third-order valence-corrected chi connectivity index (χ3v) is 2.84. The lowest BCUT2D eigenvalue weighted by atomic mass is 9.90. The molecule has 0 saturated carbocycles. The van der Waals surface area contributed by atoms with Gasteiger partial charge in [-0.15, -0.1) is 0 Å². The summed E-state index contributed by atoms with van der Waals surface area (Å²) in [5, 5.41) is 3.94. The van der Waals surface area contributed by atoms with Crippen molar-refractivity contribution in [1.29, 1.82) is 0 Å². The first-order chi connectivity index (χ1) is 7.01. The second-order valence-electron chi connectivity index (χ2n) is 4.59. The zero-order chi connectivity index (χ0) is 11.5. The largest absolute Gasteiger partial charge is 0.339 e. The number of nitrogens with zero attached hydrogens (tertiary/aromatic N) is 2. The molecule has 0 aliphatic heterocycles. The molecular weight excluding hydrogens is 190 g/mol. The standard InChI is InChI=1S/C11H21N3O/c1-5-7-8(12)9-13-10(15-14-9)11(3,4)6-2/h8H,5-7,12H2,1-4H3. The van der Waals surface area contributed by atoms with Crippen molar-refractivity contribution in [1.82, 2.24) is 10.1 Å². The van der Waals surface area contributed by atoms with E-state index in [1.807, 2.05) is 0 Å². The van der Waals surface area contributed by atoms with Crippen LogP contribution in [-0.2, 0) is 5.41 Å². The van der Waals surface area contributed by atoms with Crippen molar-refractivity contribution >= 4 is 0 Å². The SMILES string of the molecule is CCCC(N)c1noc(C(C)(C)CC)n1. The van der Waals surface area contributed by atoms with Crippen molar-refractivity contribution in [2.75, 3.05) is 0 Å². The van der Waals surface area contributed by atoms with Gasteiger partial charge in [-0.25, -0.2) is 0 Å². The fourth-order valence-corrected chi connectivity index (χ4v) is 1.25. The Morgan fingerprint density at radius 3 is 2.60 bits per heavy atom. The average Bonchev–Trinajstić information content (AvgIpc) is 2.67. The van der Waals surface area contributed by atoms with Crippen LogP contribution in [0.15, 0.2) is 4.52 Å². The Balaban J connectivity index is 2.80. The van der Waals surface area contributed by atoms with E-state index in [1.54, 1.807) is 0 Å². The van der Waals surface area contributed by atoms with Gasteiger partial charge in [-0.2, -0.15) is 4.98 Å². The Kier molecular flexibility index (Phi) is 3.85. The average molecular weight is 211 g/mol. The zero-order valence-corrected chi connectivity index (χ0v) is 10.1. The normalized spacial score (nSPS) is 14.2. The molecule has 15 heavy (non-hydrogen) atoms. The van der Waals surface area contributed by atoms with Crippen LogP contribution in [0.4, 0.5) is 0 Å². The van der Waals surface area contributed by atoms with Gasteiger partial charge in [0.05, 0.1) is 6.04 Å². The monoisotopic (exact) mass is 211 g/mol. The summed E-state index contributed by atoms with van der Waals surface area (Å²) in [7, 11) is 0. The van der Waals surface area contributed by atoms with Gasteiger partial charge in [-0.05, 0) is 12.8 Å². The fraction of sp³-hybridized carbons (Fsp3) is 0.818. The van der Waals surface area contributed by atoms with Crippen LogP contribution < -0.4 is 5.73 Å². The quantitative estimate of drug-likeness (QED) is 0.812. The van der Waals surface area contributed by atoms with Gasteiger partial charge in [-0.1, -0.05) is 39.3 Å². The minimum Gasteiger partial charge on any atom is -0.339 e. The molecule has 1 aromatic rings. The van der Waals surface area contributed by atoms with Crippen LogP contribution in [0.2, 0.25) is 0 Å². The van der Waals surface area contributed by atoms with Crippen LogP contribution in [0.3, 0.4) is 0 Å². The first-order valence-corrected chi connectivity index (χ1v) is 5.61. The summed E-state index contributed by atoms with van der Waals surface area (Å²) in [6, 6.07) is -0.0971. The minimum atomic E-state index is -0.0971. The van der Waals surface area contributed by atoms with E-state index in [-0.39, 0.29) is 11.5 Å². The summed E-state index contributed by atoms with van der Waals surface area (Å²) >= 11 is 0. The lowest BCUT2D eigenvalue weighted by Crippen LogP contribution is -2.17. The molecule has 0 fully saturated rings. The molecule has 1 rings (SSSR count). The van der Waals surface area contributed by atoms with Crippen molar-refractivity contribution in [2.24, 2.45) is 5.73 Å². The number of nitrogens with two attached hydrogens (primary N) is 1. The predicted molar refractivity (Wildman–Crippen MR) is 59.5 cm³/mol. The van der Waals surface area contributed by atoms with Gasteiger partial charge in [0.1, 0.15) is 0 Å². The van der Waals surface area contributed by atoms with Crippen LogP contribution >= 0.6 is 0 Å². The molecule has 0 aromatic carbocycles. The van der Waals surface area contributed by atoms with Crippen molar-refractivity contribution in [3.8, 4) is 0 Å². The molecule has 0 radical (unpaired) electrons. The molecular formula is C11H21N3O. The summed E-state index contributed by atoms with van der Waals surface area (Å²) in [5.41, 5.74) is 5.86. The van der Waals surface area contributed by atoms with Gasteiger partial charge in [0.25, 0.3) is 0 Å². The van der Waals surface area contributed by atoms with Crippen molar-refractivity contribution in [2.45, 2.75) is 58.4 Å². The number of hydrogen-bond acceptors (Lipinski definition) is 4. The molecule has 0 bridgehead atoms. The van der Waals surface area contributed by atoms with E-state index in [1.165, 1.54) is 0 Å². The molecule has 4 heteroatoms. The van der Waals surface area contributed by atoms with Gasteiger partial charge in [0.15, 0.2) is 5.82 Å². The van der Waals surface area contributed by atoms with E-state index in [0.29, 0.717) is 11.7 Å². The summed E-state index contributed by atoms with van der Waals surface area (Å²) in [6.07, 6.45) is 2.89. The van der Waals surface area contributed by atoms with E-state index in [0.717, 1.165) is 19.3 Å². The lowest BCUT2D eigenvalue weighted by molar-refractivity contribution is 0.298. The molecule has 2 N–H and O–H groups in total. The van der Waals surface area contributed by atoms with Gasteiger partial charge in [0.2, 0.25) is 5.89 Å². The van der Waals surface area contributed by atoms with Crippen LogP contribution in [0.5, 0.6) is 0 Å². The van der Waals surface area contributed by atoms with Crippen molar-refractivity contribution < 1.29 is 4.52 Å². The Bertz CT molecular complexity index is 307. The van der Waals surface area contributed by atoms with Crippen LogP contribution in [0, 0.1) is 0 Å². The number of hydrogen-bond donors (Lipinski definition) is 1. The van der Waals surface area contributed by atoms with Crippen LogP contribution in [0.1, 0.15) is 64.7 Å². The van der Waals surface area contributed by atoms with Gasteiger partial charge in [-0.3, -0.25) is 0 Å². The Labute approximate surface area is 91.2 Å². The molecule has 0 spiro atoms. The summed E-state index contributed by atoms with van der Waals surface area (Å²) in [6.45, 7) is 8.39. The minimum absolute atomic E-state index is 0.0583. The maximum absolute atomic E-state index is 5.92. The molecule has 0 amide bonds. The molecule has 1 aromatic heterocycles. The number of aromatic nitrogens is 2. The third kappa shape index (κ3) is 2.78. The molecule has 86 valence electrons. The van der Waals surface area contributed by atoms with Crippen molar-refractivity contribution in [3.05, 3.63) is 11.7 Å². The Hall–Kier alpha value is -0.900. The Morgan fingerprint density at radius 1 is 1.40 bits per heavy atom. The molecule has 0 saturated heterocycles. The smallest absolute Gasteiger partial charge is 0.232 e. The molecule has 1 heterocycles. The number of rotatable bonds is 5.